The molecule has 108 valence electrons. The molecule has 0 aliphatic carbocycles. The molecular formula is C16H27NO2. The third-order valence-corrected chi connectivity index (χ3v) is 3.29. The summed E-state index contributed by atoms with van der Waals surface area (Å²) in [6.45, 7) is 7.53. The van der Waals surface area contributed by atoms with Crippen LogP contribution >= 0.6 is 0 Å². The van der Waals surface area contributed by atoms with Crippen molar-refractivity contribution >= 4 is 0 Å². The normalized spacial score (nSPS) is 12.2. The van der Waals surface area contributed by atoms with Crippen molar-refractivity contribution < 1.29 is 9.47 Å². The largest absolute Gasteiger partial charge is 0.490 e. The number of hydrogen-bond donors (Lipinski definition) is 1. The number of ether oxygens (including phenoxy) is 2. The first-order chi connectivity index (χ1) is 9.24. The highest BCUT2D eigenvalue weighted by Gasteiger charge is 2.08. The Balaban J connectivity index is 2.71. The van der Waals surface area contributed by atoms with Crippen LogP contribution in [0.1, 0.15) is 39.2 Å². The van der Waals surface area contributed by atoms with E-state index in [-0.39, 0.29) is 0 Å². The van der Waals surface area contributed by atoms with Gasteiger partial charge >= 0.3 is 0 Å². The quantitative estimate of drug-likeness (QED) is 0.742. The molecule has 1 N–H and O–H groups in total. The predicted octanol–water partition coefficient (Wildman–Crippen LogP) is 3.41. The molecule has 0 saturated heterocycles. The van der Waals surface area contributed by atoms with Crippen LogP contribution in [0.4, 0.5) is 0 Å². The summed E-state index contributed by atoms with van der Waals surface area (Å²) in [5.41, 5.74) is 1.31. The van der Waals surface area contributed by atoms with Gasteiger partial charge in [-0.3, -0.25) is 0 Å². The van der Waals surface area contributed by atoms with Crippen molar-refractivity contribution in [2.24, 2.45) is 0 Å². The van der Waals surface area contributed by atoms with Gasteiger partial charge in [0.25, 0.3) is 0 Å². The van der Waals surface area contributed by atoms with Gasteiger partial charge < -0.3 is 14.8 Å². The molecule has 0 heterocycles. The highest BCUT2D eigenvalue weighted by atomic mass is 16.5. The van der Waals surface area contributed by atoms with E-state index in [1.54, 1.807) is 0 Å². The summed E-state index contributed by atoms with van der Waals surface area (Å²) in [6.07, 6.45) is 3.37. The summed E-state index contributed by atoms with van der Waals surface area (Å²) in [5.74, 6) is 1.70. The first-order valence-electron chi connectivity index (χ1n) is 7.30. The Labute approximate surface area is 117 Å². The van der Waals surface area contributed by atoms with Crippen LogP contribution in [0.15, 0.2) is 18.2 Å². The van der Waals surface area contributed by atoms with Gasteiger partial charge in [-0.1, -0.05) is 13.0 Å². The minimum Gasteiger partial charge on any atom is -0.490 e. The zero-order valence-electron chi connectivity index (χ0n) is 12.7. The molecule has 0 aliphatic rings. The average Bonchev–Trinajstić information content (AvgIpc) is 2.43. The second kappa shape index (κ2) is 8.81. The molecule has 1 rings (SSSR count). The van der Waals surface area contributed by atoms with Gasteiger partial charge in [0.1, 0.15) is 0 Å². The first-order valence-corrected chi connectivity index (χ1v) is 7.30. The zero-order valence-corrected chi connectivity index (χ0v) is 12.7. The fourth-order valence-corrected chi connectivity index (χ4v) is 2.14. The summed E-state index contributed by atoms with van der Waals surface area (Å²) in [5, 5.41) is 3.34. The molecule has 0 fully saturated rings. The highest BCUT2D eigenvalue weighted by Crippen LogP contribution is 2.29. The van der Waals surface area contributed by atoms with Gasteiger partial charge in [0.15, 0.2) is 11.5 Å². The van der Waals surface area contributed by atoms with Crippen LogP contribution in [-0.4, -0.2) is 26.3 Å². The van der Waals surface area contributed by atoms with Gasteiger partial charge in [0, 0.05) is 6.04 Å². The Hall–Kier alpha value is -1.22. The lowest BCUT2D eigenvalue weighted by Crippen LogP contribution is -2.24. The Kier molecular flexibility index (Phi) is 7.34. The molecule has 0 aliphatic heterocycles. The molecular weight excluding hydrogens is 238 g/mol. The van der Waals surface area contributed by atoms with Crippen LogP contribution in [0.2, 0.25) is 0 Å². The second-order valence-electron chi connectivity index (χ2n) is 4.58. The molecule has 0 aromatic heterocycles. The number of benzene rings is 1. The van der Waals surface area contributed by atoms with Crippen LogP contribution in [0, 0.1) is 0 Å². The molecule has 0 saturated carbocycles. The lowest BCUT2D eigenvalue weighted by Gasteiger charge is -2.15. The van der Waals surface area contributed by atoms with Gasteiger partial charge in [-0.05, 0) is 57.9 Å². The van der Waals surface area contributed by atoms with Gasteiger partial charge in [-0.2, -0.15) is 0 Å². The molecule has 0 bridgehead atoms. The number of aryl methyl sites for hydroxylation is 1. The van der Waals surface area contributed by atoms with E-state index in [0.717, 1.165) is 30.8 Å². The lowest BCUT2D eigenvalue weighted by molar-refractivity contribution is 0.287. The van der Waals surface area contributed by atoms with Gasteiger partial charge in [0.2, 0.25) is 0 Å². The third-order valence-electron chi connectivity index (χ3n) is 3.29. The number of rotatable bonds is 9. The second-order valence-corrected chi connectivity index (χ2v) is 4.58. The van der Waals surface area contributed by atoms with E-state index in [1.807, 2.05) is 27.0 Å². The molecule has 19 heavy (non-hydrogen) atoms. The Morgan fingerprint density at radius 3 is 2.32 bits per heavy atom. The third kappa shape index (κ3) is 5.11. The molecule has 0 amide bonds. The molecule has 3 heteroatoms. The van der Waals surface area contributed by atoms with Crippen LogP contribution in [0.5, 0.6) is 11.5 Å². The Morgan fingerprint density at radius 1 is 1.05 bits per heavy atom. The monoisotopic (exact) mass is 265 g/mol. The maximum atomic E-state index is 5.65. The minimum atomic E-state index is 0.585. The summed E-state index contributed by atoms with van der Waals surface area (Å²) >= 11 is 0. The van der Waals surface area contributed by atoms with Crippen LogP contribution < -0.4 is 14.8 Å². The highest BCUT2D eigenvalue weighted by molar-refractivity contribution is 5.43. The van der Waals surface area contributed by atoms with Crippen molar-refractivity contribution in [3.63, 3.8) is 0 Å². The van der Waals surface area contributed by atoms with Gasteiger partial charge in [-0.25, -0.2) is 0 Å². The van der Waals surface area contributed by atoms with Crippen molar-refractivity contribution in [1.82, 2.24) is 5.32 Å². The topological polar surface area (TPSA) is 30.5 Å². The van der Waals surface area contributed by atoms with Crippen LogP contribution in [-0.2, 0) is 6.42 Å². The SMILES string of the molecule is CCOc1ccc(CCC(CC)NC)cc1OCC. The van der Waals surface area contributed by atoms with Crippen molar-refractivity contribution in [2.75, 3.05) is 20.3 Å². The van der Waals surface area contributed by atoms with E-state index in [4.69, 9.17) is 9.47 Å². The zero-order chi connectivity index (χ0) is 14.1. The smallest absolute Gasteiger partial charge is 0.161 e. The molecule has 1 unspecified atom stereocenters. The average molecular weight is 265 g/mol. The van der Waals surface area contributed by atoms with Gasteiger partial charge in [-0.15, -0.1) is 0 Å². The summed E-state index contributed by atoms with van der Waals surface area (Å²) < 4.78 is 11.2. The maximum Gasteiger partial charge on any atom is 0.161 e. The fraction of sp³-hybridized carbons (Fsp3) is 0.625. The molecule has 3 nitrogen and oxygen atoms in total. The van der Waals surface area contributed by atoms with E-state index in [1.165, 1.54) is 5.56 Å². The van der Waals surface area contributed by atoms with Crippen molar-refractivity contribution in [2.45, 2.75) is 46.1 Å². The first kappa shape index (κ1) is 15.8. The molecule has 1 aromatic rings. The van der Waals surface area contributed by atoms with Crippen molar-refractivity contribution in [1.29, 1.82) is 0 Å². The Bertz CT molecular complexity index is 362. The van der Waals surface area contributed by atoms with Gasteiger partial charge in [0.05, 0.1) is 13.2 Å². The van der Waals surface area contributed by atoms with E-state index in [0.29, 0.717) is 19.3 Å². The fourth-order valence-electron chi connectivity index (χ4n) is 2.14. The van der Waals surface area contributed by atoms with Crippen molar-refractivity contribution in [3.8, 4) is 11.5 Å². The van der Waals surface area contributed by atoms with E-state index in [2.05, 4.69) is 24.4 Å². The standard InChI is InChI=1S/C16H27NO2/c1-5-14(17-4)10-8-13-9-11-15(18-6-2)16(12-13)19-7-3/h9,11-12,14,17H,5-8,10H2,1-4H3. The van der Waals surface area contributed by atoms with E-state index < -0.39 is 0 Å². The molecule has 1 aromatic carbocycles. The predicted molar refractivity (Wildman–Crippen MR) is 80.2 cm³/mol. The molecule has 1 atom stereocenters. The van der Waals surface area contributed by atoms with E-state index >= 15 is 0 Å². The maximum absolute atomic E-state index is 5.65. The minimum absolute atomic E-state index is 0.585. The Morgan fingerprint density at radius 2 is 1.74 bits per heavy atom. The number of nitrogens with one attached hydrogen (secondary N) is 1. The van der Waals surface area contributed by atoms with Crippen LogP contribution in [0.3, 0.4) is 0 Å². The van der Waals surface area contributed by atoms with Crippen molar-refractivity contribution in [3.05, 3.63) is 23.8 Å². The lowest BCUT2D eigenvalue weighted by atomic mass is 10.0. The summed E-state index contributed by atoms with van der Waals surface area (Å²) in [6, 6.07) is 6.85. The summed E-state index contributed by atoms with van der Waals surface area (Å²) in [7, 11) is 2.03. The van der Waals surface area contributed by atoms with Crippen LogP contribution in [0.25, 0.3) is 0 Å². The molecule has 0 radical (unpaired) electrons. The van der Waals surface area contributed by atoms with E-state index in [9.17, 15) is 0 Å². The molecule has 0 spiro atoms. The number of hydrogen-bond acceptors (Lipinski definition) is 3. The summed E-state index contributed by atoms with van der Waals surface area (Å²) in [4.78, 5) is 0.